The fourth-order valence-electron chi connectivity index (χ4n) is 2.55. The average molecular weight is 388 g/mol. The van der Waals surface area contributed by atoms with Crippen LogP contribution in [0.15, 0.2) is 36.4 Å². The van der Waals surface area contributed by atoms with Gasteiger partial charge >= 0.3 is 0 Å². The maximum absolute atomic E-state index is 13.1. The number of nitro groups is 1. The van der Waals surface area contributed by atoms with Crippen LogP contribution in [0.4, 0.5) is 21.5 Å². The molecule has 0 fully saturated rings. The maximum Gasteiger partial charge on any atom is 0.293 e. The molecule has 2 aromatic carbocycles. The molecule has 2 rings (SSSR count). The van der Waals surface area contributed by atoms with Crippen LogP contribution in [0.2, 0.25) is 0 Å². The molecule has 0 aliphatic carbocycles. The summed E-state index contributed by atoms with van der Waals surface area (Å²) in [6.07, 6.45) is 0. The number of aryl methyl sites for hydroxylation is 2. The third-order valence-electron chi connectivity index (χ3n) is 4.02. The summed E-state index contributed by atoms with van der Waals surface area (Å²) in [5, 5.41) is 16.2. The number of amides is 2. The van der Waals surface area contributed by atoms with Gasteiger partial charge in [0.05, 0.1) is 18.0 Å². The Hall–Kier alpha value is -3.33. The molecule has 0 heterocycles. The standard InChI is InChI=1S/C19H21FN4O4/c1-12-7-16(17(24(27)28)8-13(12)2)22-19(26)11-23(3)10-18(25)21-15-6-4-5-14(20)9-15/h4-9H,10-11H2,1-3H3,(H,21,25)(H,22,26). The van der Waals surface area contributed by atoms with Crippen LogP contribution in [0.5, 0.6) is 0 Å². The van der Waals surface area contributed by atoms with Gasteiger partial charge < -0.3 is 10.6 Å². The fraction of sp³-hybridized carbons (Fsp3) is 0.263. The van der Waals surface area contributed by atoms with Crippen molar-refractivity contribution in [2.24, 2.45) is 0 Å². The van der Waals surface area contributed by atoms with Crippen molar-refractivity contribution in [2.45, 2.75) is 13.8 Å². The van der Waals surface area contributed by atoms with E-state index >= 15 is 0 Å². The number of halogens is 1. The molecule has 2 aromatic rings. The highest BCUT2D eigenvalue weighted by molar-refractivity contribution is 5.96. The Bertz CT molecular complexity index is 917. The first-order valence-corrected chi connectivity index (χ1v) is 8.45. The van der Waals surface area contributed by atoms with Crippen LogP contribution >= 0.6 is 0 Å². The molecule has 0 unspecified atom stereocenters. The number of anilines is 2. The monoisotopic (exact) mass is 388 g/mol. The lowest BCUT2D eigenvalue weighted by Gasteiger charge is -2.16. The number of carbonyl (C=O) groups is 2. The van der Waals surface area contributed by atoms with Gasteiger partial charge in [-0.15, -0.1) is 0 Å². The molecular formula is C19H21FN4O4. The molecule has 0 spiro atoms. The minimum Gasteiger partial charge on any atom is -0.325 e. The highest BCUT2D eigenvalue weighted by Gasteiger charge is 2.19. The number of hydrogen-bond acceptors (Lipinski definition) is 5. The second-order valence-corrected chi connectivity index (χ2v) is 6.49. The lowest BCUT2D eigenvalue weighted by Crippen LogP contribution is -2.36. The minimum absolute atomic E-state index is 0.107. The number of hydrogen-bond donors (Lipinski definition) is 2. The number of nitro benzene ring substituents is 1. The number of nitrogens with one attached hydrogen (secondary N) is 2. The second-order valence-electron chi connectivity index (χ2n) is 6.49. The Balaban J connectivity index is 1.95. The lowest BCUT2D eigenvalue weighted by atomic mass is 10.1. The van der Waals surface area contributed by atoms with Gasteiger partial charge in [-0.2, -0.15) is 0 Å². The summed E-state index contributed by atoms with van der Waals surface area (Å²) < 4.78 is 13.1. The third-order valence-corrected chi connectivity index (χ3v) is 4.02. The zero-order chi connectivity index (χ0) is 20.8. The molecule has 0 aliphatic heterocycles. The van der Waals surface area contributed by atoms with Crippen molar-refractivity contribution >= 4 is 28.9 Å². The Morgan fingerprint density at radius 1 is 1.07 bits per heavy atom. The van der Waals surface area contributed by atoms with E-state index in [9.17, 15) is 24.1 Å². The molecule has 0 bridgehead atoms. The normalized spacial score (nSPS) is 10.6. The van der Waals surface area contributed by atoms with Gasteiger partial charge in [0.15, 0.2) is 0 Å². The number of likely N-dealkylation sites (N-methyl/N-ethyl adjacent to an activating group) is 1. The predicted octanol–water partition coefficient (Wildman–Crippen LogP) is 2.86. The Labute approximate surface area is 161 Å². The van der Waals surface area contributed by atoms with Crippen LogP contribution < -0.4 is 10.6 Å². The molecule has 148 valence electrons. The van der Waals surface area contributed by atoms with Crippen molar-refractivity contribution in [3.8, 4) is 0 Å². The van der Waals surface area contributed by atoms with E-state index in [1.807, 2.05) is 0 Å². The van der Waals surface area contributed by atoms with Gasteiger partial charge in [-0.25, -0.2) is 4.39 Å². The highest BCUT2D eigenvalue weighted by atomic mass is 19.1. The van der Waals surface area contributed by atoms with Gasteiger partial charge in [0.2, 0.25) is 11.8 Å². The van der Waals surface area contributed by atoms with E-state index in [0.29, 0.717) is 5.69 Å². The van der Waals surface area contributed by atoms with Crippen LogP contribution in [-0.2, 0) is 9.59 Å². The van der Waals surface area contributed by atoms with E-state index in [1.54, 1.807) is 33.0 Å². The summed E-state index contributed by atoms with van der Waals surface area (Å²) >= 11 is 0. The molecule has 9 heteroatoms. The van der Waals surface area contributed by atoms with Crippen LogP contribution in [0.25, 0.3) is 0 Å². The van der Waals surface area contributed by atoms with Gasteiger partial charge in [0, 0.05) is 11.8 Å². The van der Waals surface area contributed by atoms with Gasteiger partial charge in [-0.3, -0.25) is 24.6 Å². The molecule has 8 nitrogen and oxygen atoms in total. The van der Waals surface area contributed by atoms with E-state index < -0.39 is 22.6 Å². The van der Waals surface area contributed by atoms with Crippen LogP contribution in [0.3, 0.4) is 0 Å². The largest absolute Gasteiger partial charge is 0.325 e. The van der Waals surface area contributed by atoms with Crippen LogP contribution in [0.1, 0.15) is 11.1 Å². The van der Waals surface area contributed by atoms with Crippen molar-refractivity contribution < 1.29 is 18.9 Å². The summed E-state index contributed by atoms with van der Waals surface area (Å²) in [6.45, 7) is 3.27. The molecule has 0 aromatic heterocycles. The van der Waals surface area contributed by atoms with Gasteiger partial charge in [0.25, 0.3) is 5.69 Å². The first-order chi connectivity index (χ1) is 13.2. The van der Waals surface area contributed by atoms with Gasteiger partial charge in [-0.05, 0) is 56.3 Å². The average Bonchev–Trinajstić information content (AvgIpc) is 2.57. The highest BCUT2D eigenvalue weighted by Crippen LogP contribution is 2.27. The van der Waals surface area contributed by atoms with Crippen molar-refractivity contribution in [3.05, 3.63) is 63.5 Å². The van der Waals surface area contributed by atoms with Crippen LogP contribution in [-0.4, -0.2) is 41.8 Å². The first kappa shape index (κ1) is 21.0. The third kappa shape index (κ3) is 5.85. The second kappa shape index (κ2) is 9.05. The maximum atomic E-state index is 13.1. The fourth-order valence-corrected chi connectivity index (χ4v) is 2.55. The molecule has 0 radical (unpaired) electrons. The quantitative estimate of drug-likeness (QED) is 0.561. The summed E-state index contributed by atoms with van der Waals surface area (Å²) in [7, 11) is 1.56. The molecule has 28 heavy (non-hydrogen) atoms. The molecule has 0 saturated carbocycles. The number of nitrogens with zero attached hydrogens (tertiary/aromatic N) is 2. The molecule has 0 aliphatic rings. The zero-order valence-corrected chi connectivity index (χ0v) is 15.8. The molecule has 2 amide bonds. The van der Waals surface area contributed by atoms with E-state index in [4.69, 9.17) is 0 Å². The molecule has 2 N–H and O–H groups in total. The smallest absolute Gasteiger partial charge is 0.293 e. The molecule has 0 atom stereocenters. The summed E-state index contributed by atoms with van der Waals surface area (Å²) in [5.41, 5.74) is 1.78. The van der Waals surface area contributed by atoms with E-state index in [-0.39, 0.29) is 24.5 Å². The first-order valence-electron chi connectivity index (χ1n) is 8.45. The van der Waals surface area contributed by atoms with Crippen molar-refractivity contribution in [1.29, 1.82) is 0 Å². The molecular weight excluding hydrogens is 367 g/mol. The van der Waals surface area contributed by atoms with E-state index in [0.717, 1.165) is 11.1 Å². The van der Waals surface area contributed by atoms with Gasteiger partial charge in [-0.1, -0.05) is 6.07 Å². The van der Waals surface area contributed by atoms with Crippen molar-refractivity contribution in [2.75, 3.05) is 30.8 Å². The Morgan fingerprint density at radius 2 is 1.68 bits per heavy atom. The lowest BCUT2D eigenvalue weighted by molar-refractivity contribution is -0.384. The molecule has 0 saturated heterocycles. The predicted molar refractivity (Wildman–Crippen MR) is 104 cm³/mol. The van der Waals surface area contributed by atoms with Crippen molar-refractivity contribution in [3.63, 3.8) is 0 Å². The van der Waals surface area contributed by atoms with E-state index in [2.05, 4.69) is 10.6 Å². The summed E-state index contributed by atoms with van der Waals surface area (Å²) in [6, 6.07) is 8.41. The number of benzene rings is 2. The topological polar surface area (TPSA) is 105 Å². The minimum atomic E-state index is -0.557. The number of carbonyl (C=O) groups excluding carboxylic acids is 2. The van der Waals surface area contributed by atoms with Gasteiger partial charge in [0.1, 0.15) is 11.5 Å². The van der Waals surface area contributed by atoms with E-state index in [1.165, 1.54) is 29.2 Å². The number of rotatable bonds is 7. The Kier molecular flexibility index (Phi) is 6.78. The zero-order valence-electron chi connectivity index (χ0n) is 15.8. The van der Waals surface area contributed by atoms with Crippen LogP contribution in [0, 0.1) is 29.8 Å². The Morgan fingerprint density at radius 3 is 2.29 bits per heavy atom. The SMILES string of the molecule is Cc1cc(NC(=O)CN(C)CC(=O)Nc2cccc(F)c2)c([N+](=O)[O-])cc1C. The van der Waals surface area contributed by atoms with Crippen molar-refractivity contribution in [1.82, 2.24) is 4.90 Å². The summed E-state index contributed by atoms with van der Waals surface area (Å²) in [5.74, 6) is -1.38. The summed E-state index contributed by atoms with van der Waals surface area (Å²) in [4.78, 5) is 36.3.